The highest BCUT2D eigenvalue weighted by Crippen LogP contribution is 2.23. The van der Waals surface area contributed by atoms with E-state index in [1.807, 2.05) is 26.8 Å². The summed E-state index contributed by atoms with van der Waals surface area (Å²) in [5, 5.41) is 3.25. The molecule has 0 aromatic heterocycles. The Hall–Kier alpha value is -1.49. The van der Waals surface area contributed by atoms with Crippen molar-refractivity contribution in [2.45, 2.75) is 32.7 Å². The normalized spacial score (nSPS) is 12.9. The molecule has 0 aliphatic rings. The smallest absolute Gasteiger partial charge is 0.406 e. The van der Waals surface area contributed by atoms with Gasteiger partial charge < -0.3 is 10.1 Å². The second-order valence-corrected chi connectivity index (χ2v) is 5.15. The molecule has 0 heterocycles. The molecule has 106 valence electrons. The van der Waals surface area contributed by atoms with Crippen molar-refractivity contribution in [2.75, 3.05) is 6.54 Å². The van der Waals surface area contributed by atoms with Crippen LogP contribution in [0.3, 0.4) is 0 Å². The summed E-state index contributed by atoms with van der Waals surface area (Å²) in [6.07, 6.45) is -1.05. The fourth-order valence-electron chi connectivity index (χ4n) is 1.38. The molecule has 19 heavy (non-hydrogen) atoms. The molecule has 1 aromatic carbocycles. The van der Waals surface area contributed by atoms with Crippen LogP contribution in [-0.2, 0) is 0 Å². The van der Waals surface area contributed by atoms with Gasteiger partial charge in [0.2, 0.25) is 0 Å². The van der Waals surface area contributed by atoms with E-state index in [-0.39, 0.29) is 11.3 Å². The zero-order valence-corrected chi connectivity index (χ0v) is 11.2. The van der Waals surface area contributed by atoms with Crippen LogP contribution < -0.4 is 10.1 Å². The van der Waals surface area contributed by atoms with Gasteiger partial charge in [-0.05, 0) is 38.5 Å². The van der Waals surface area contributed by atoms with Gasteiger partial charge in [-0.25, -0.2) is 0 Å². The molecule has 0 fully saturated rings. The van der Waals surface area contributed by atoms with Crippen LogP contribution in [0.1, 0.15) is 26.3 Å². The van der Waals surface area contributed by atoms with Gasteiger partial charge >= 0.3 is 6.36 Å². The maximum atomic E-state index is 12.1. The number of rotatable bonds is 4. The zero-order chi connectivity index (χ0) is 14.5. The molecule has 0 spiro atoms. The molecule has 1 N–H and O–H groups in total. The average molecular weight is 273 g/mol. The molecule has 0 unspecified atom stereocenters. The lowest BCUT2D eigenvalue weighted by Gasteiger charge is -2.18. The minimum atomic E-state index is -4.66. The molecule has 0 bridgehead atoms. The molecule has 0 saturated carbocycles. The number of hydrogen-bond acceptors (Lipinski definition) is 2. The molecule has 0 saturated heterocycles. The van der Waals surface area contributed by atoms with Gasteiger partial charge in [-0.3, -0.25) is 0 Å². The van der Waals surface area contributed by atoms with E-state index >= 15 is 0 Å². The minimum Gasteiger partial charge on any atom is -0.406 e. The van der Waals surface area contributed by atoms with E-state index < -0.39 is 6.36 Å². The summed E-state index contributed by atoms with van der Waals surface area (Å²) in [5.74, 6) is -0.210. The quantitative estimate of drug-likeness (QED) is 0.895. The molecule has 2 nitrogen and oxygen atoms in total. The minimum absolute atomic E-state index is 0.00554. The Morgan fingerprint density at radius 3 is 2.47 bits per heavy atom. The van der Waals surface area contributed by atoms with E-state index in [9.17, 15) is 13.2 Å². The number of benzene rings is 1. The van der Waals surface area contributed by atoms with Crippen molar-refractivity contribution in [2.24, 2.45) is 0 Å². The second-order valence-electron chi connectivity index (χ2n) is 5.15. The van der Waals surface area contributed by atoms with Gasteiger partial charge in [0.15, 0.2) is 0 Å². The van der Waals surface area contributed by atoms with Crippen molar-refractivity contribution in [1.29, 1.82) is 0 Å². The van der Waals surface area contributed by atoms with E-state index in [1.165, 1.54) is 18.2 Å². The summed E-state index contributed by atoms with van der Waals surface area (Å²) < 4.78 is 40.0. The third kappa shape index (κ3) is 7.51. The molecule has 0 atom stereocenters. The van der Waals surface area contributed by atoms with Crippen LogP contribution >= 0.6 is 0 Å². The van der Waals surface area contributed by atoms with E-state index in [1.54, 1.807) is 12.1 Å². The first kappa shape index (κ1) is 15.6. The lowest BCUT2D eigenvalue weighted by Crippen LogP contribution is -2.35. The average Bonchev–Trinajstić information content (AvgIpc) is 2.21. The Labute approximate surface area is 111 Å². The number of halogens is 3. The molecule has 0 radical (unpaired) electrons. The number of ether oxygens (including phenoxy) is 1. The summed E-state index contributed by atoms with van der Waals surface area (Å²) in [7, 11) is 0. The van der Waals surface area contributed by atoms with E-state index in [0.29, 0.717) is 12.1 Å². The van der Waals surface area contributed by atoms with Crippen molar-refractivity contribution in [3.63, 3.8) is 0 Å². The monoisotopic (exact) mass is 273 g/mol. The highest BCUT2D eigenvalue weighted by molar-refractivity contribution is 5.51. The Balaban J connectivity index is 2.60. The lowest BCUT2D eigenvalue weighted by atomic mass is 10.1. The Kier molecular flexibility index (Phi) is 5.00. The summed E-state index contributed by atoms with van der Waals surface area (Å²) >= 11 is 0. The first-order valence-corrected chi connectivity index (χ1v) is 5.93. The molecule has 5 heteroatoms. The zero-order valence-electron chi connectivity index (χ0n) is 11.2. The predicted molar refractivity (Wildman–Crippen MR) is 69.9 cm³/mol. The van der Waals surface area contributed by atoms with Crippen molar-refractivity contribution in [3.8, 4) is 5.75 Å². The summed E-state index contributed by atoms with van der Waals surface area (Å²) in [4.78, 5) is 0. The topological polar surface area (TPSA) is 21.3 Å². The SMILES string of the molecule is CC(C)(C)NC/C=C/c1cccc(OC(F)(F)F)c1. The third-order valence-electron chi connectivity index (χ3n) is 2.15. The molecular weight excluding hydrogens is 255 g/mol. The third-order valence-corrected chi connectivity index (χ3v) is 2.15. The van der Waals surface area contributed by atoms with Crippen molar-refractivity contribution >= 4 is 6.08 Å². The summed E-state index contributed by atoms with van der Waals surface area (Å²) in [5.41, 5.74) is 0.670. The maximum absolute atomic E-state index is 12.1. The first-order chi connectivity index (χ1) is 8.66. The van der Waals surface area contributed by atoms with Crippen molar-refractivity contribution in [1.82, 2.24) is 5.32 Å². The van der Waals surface area contributed by atoms with Gasteiger partial charge in [-0.15, -0.1) is 13.2 Å². The summed E-state index contributed by atoms with van der Waals surface area (Å²) in [6.45, 7) is 6.77. The first-order valence-electron chi connectivity index (χ1n) is 5.93. The van der Waals surface area contributed by atoms with Gasteiger partial charge in [0.05, 0.1) is 0 Å². The number of alkyl halides is 3. The molecule has 0 aliphatic heterocycles. The Bertz CT molecular complexity index is 433. The highest BCUT2D eigenvalue weighted by Gasteiger charge is 2.30. The summed E-state index contributed by atoms with van der Waals surface area (Å²) in [6, 6.07) is 5.87. The Morgan fingerprint density at radius 2 is 1.89 bits per heavy atom. The van der Waals surface area contributed by atoms with E-state index in [4.69, 9.17) is 0 Å². The van der Waals surface area contributed by atoms with Crippen molar-refractivity contribution < 1.29 is 17.9 Å². The van der Waals surface area contributed by atoms with Crippen LogP contribution in [0.4, 0.5) is 13.2 Å². The fourth-order valence-corrected chi connectivity index (χ4v) is 1.38. The number of hydrogen-bond donors (Lipinski definition) is 1. The highest BCUT2D eigenvalue weighted by atomic mass is 19.4. The van der Waals surface area contributed by atoms with Crippen LogP contribution in [0, 0.1) is 0 Å². The van der Waals surface area contributed by atoms with Gasteiger partial charge in [0.1, 0.15) is 5.75 Å². The van der Waals surface area contributed by atoms with Crippen molar-refractivity contribution in [3.05, 3.63) is 35.9 Å². The molecule has 1 rings (SSSR count). The largest absolute Gasteiger partial charge is 0.573 e. The van der Waals surface area contributed by atoms with Gasteiger partial charge in [0, 0.05) is 12.1 Å². The van der Waals surface area contributed by atoms with Crippen LogP contribution in [0.15, 0.2) is 30.3 Å². The molecule has 0 aliphatic carbocycles. The van der Waals surface area contributed by atoms with Crippen LogP contribution in [0.5, 0.6) is 5.75 Å². The van der Waals surface area contributed by atoms with Crippen LogP contribution in [0.25, 0.3) is 6.08 Å². The van der Waals surface area contributed by atoms with Crippen LogP contribution in [0.2, 0.25) is 0 Å². The van der Waals surface area contributed by atoms with Gasteiger partial charge in [0.25, 0.3) is 0 Å². The van der Waals surface area contributed by atoms with Gasteiger partial charge in [-0.2, -0.15) is 0 Å². The van der Waals surface area contributed by atoms with E-state index in [2.05, 4.69) is 10.1 Å². The fraction of sp³-hybridized carbons (Fsp3) is 0.429. The lowest BCUT2D eigenvalue weighted by molar-refractivity contribution is -0.274. The van der Waals surface area contributed by atoms with E-state index in [0.717, 1.165) is 0 Å². The Morgan fingerprint density at radius 1 is 1.21 bits per heavy atom. The number of nitrogens with one attached hydrogen (secondary N) is 1. The maximum Gasteiger partial charge on any atom is 0.573 e. The second kappa shape index (κ2) is 6.10. The molecule has 0 amide bonds. The molecule has 1 aromatic rings. The predicted octanol–water partition coefficient (Wildman–Crippen LogP) is 3.99. The standard InChI is InChI=1S/C14H18F3NO/c1-13(2,3)18-9-5-7-11-6-4-8-12(10-11)19-14(15,16)17/h4-8,10,18H,9H2,1-3H3/b7-5+. The molecular formula is C14H18F3NO. The van der Waals surface area contributed by atoms with Gasteiger partial charge in [-0.1, -0.05) is 24.3 Å². The van der Waals surface area contributed by atoms with Crippen LogP contribution in [-0.4, -0.2) is 18.4 Å².